The Labute approximate surface area is 110 Å². The van der Waals surface area contributed by atoms with E-state index < -0.39 is 11.2 Å². The molecule has 1 aliphatic rings. The number of ether oxygens (including phenoxy) is 3. The van der Waals surface area contributed by atoms with Crippen LogP contribution in [0.3, 0.4) is 0 Å². The smallest absolute Gasteiger partial charge is 0.311 e. The van der Waals surface area contributed by atoms with Crippen LogP contribution in [-0.2, 0) is 19.0 Å². The van der Waals surface area contributed by atoms with Crippen molar-refractivity contribution in [3.05, 3.63) is 0 Å². The van der Waals surface area contributed by atoms with E-state index in [2.05, 4.69) is 6.92 Å². The van der Waals surface area contributed by atoms with Gasteiger partial charge in [-0.15, -0.1) is 0 Å². The van der Waals surface area contributed by atoms with Crippen LogP contribution in [0.5, 0.6) is 0 Å². The molecule has 0 bridgehead atoms. The van der Waals surface area contributed by atoms with Gasteiger partial charge in [-0.1, -0.05) is 6.92 Å². The lowest BCUT2D eigenvalue weighted by atomic mass is 9.97. The van der Waals surface area contributed by atoms with E-state index >= 15 is 0 Å². The van der Waals surface area contributed by atoms with E-state index in [4.69, 9.17) is 14.2 Å². The molecule has 0 amide bonds. The summed E-state index contributed by atoms with van der Waals surface area (Å²) in [5.74, 6) is -0.357. The molecule has 0 aromatic rings. The zero-order chi connectivity index (χ0) is 14.0. The van der Waals surface area contributed by atoms with E-state index in [0.717, 1.165) is 6.42 Å². The van der Waals surface area contributed by atoms with Gasteiger partial charge in [-0.2, -0.15) is 0 Å². The summed E-state index contributed by atoms with van der Waals surface area (Å²) in [5.41, 5.74) is -0.436. The Hall–Kier alpha value is -0.610. The largest absolute Gasteiger partial charge is 0.465 e. The summed E-state index contributed by atoms with van der Waals surface area (Å²) in [6, 6.07) is 0. The van der Waals surface area contributed by atoms with Crippen LogP contribution in [-0.4, -0.2) is 31.1 Å². The predicted octanol–water partition coefficient (Wildman–Crippen LogP) is 2.75. The molecule has 0 radical (unpaired) electrons. The first-order chi connectivity index (χ1) is 8.10. The van der Waals surface area contributed by atoms with Gasteiger partial charge in [0, 0.05) is 0 Å². The van der Waals surface area contributed by atoms with Crippen molar-refractivity contribution in [1.29, 1.82) is 0 Å². The zero-order valence-electron chi connectivity index (χ0n) is 12.4. The summed E-state index contributed by atoms with van der Waals surface area (Å²) in [4.78, 5) is 11.6. The molecule has 0 N–H and O–H groups in total. The summed E-state index contributed by atoms with van der Waals surface area (Å²) in [7, 11) is 0. The van der Waals surface area contributed by atoms with E-state index in [9.17, 15) is 4.79 Å². The summed E-state index contributed by atoms with van der Waals surface area (Å²) in [6.45, 7) is 12.5. The first kappa shape index (κ1) is 15.4. The van der Waals surface area contributed by atoms with Crippen LogP contribution in [0.25, 0.3) is 0 Å². The summed E-state index contributed by atoms with van der Waals surface area (Å²) < 4.78 is 16.5. The maximum absolute atomic E-state index is 11.6. The molecule has 106 valence electrons. The van der Waals surface area contributed by atoms with Crippen molar-refractivity contribution in [3.63, 3.8) is 0 Å². The molecule has 18 heavy (non-hydrogen) atoms. The van der Waals surface area contributed by atoms with E-state index in [1.807, 2.05) is 34.6 Å². The molecule has 1 saturated heterocycles. The maximum Gasteiger partial charge on any atom is 0.311 e. The monoisotopic (exact) mass is 258 g/mol. The topological polar surface area (TPSA) is 44.8 Å². The fourth-order valence-corrected chi connectivity index (χ4v) is 1.83. The fraction of sp³-hybridized carbons (Fsp3) is 0.929. The number of carbonyl (C=O) groups excluding carboxylic acids is 1. The van der Waals surface area contributed by atoms with Gasteiger partial charge in [0.15, 0.2) is 5.79 Å². The second-order valence-electron chi connectivity index (χ2n) is 6.64. The summed E-state index contributed by atoms with van der Waals surface area (Å²) in [5, 5.41) is 0. The van der Waals surface area contributed by atoms with Crippen molar-refractivity contribution in [3.8, 4) is 0 Å². The Kier molecular flexibility index (Phi) is 4.78. The number of esters is 1. The van der Waals surface area contributed by atoms with Gasteiger partial charge in [-0.25, -0.2) is 0 Å². The van der Waals surface area contributed by atoms with Crippen molar-refractivity contribution < 1.29 is 19.0 Å². The van der Waals surface area contributed by atoms with Gasteiger partial charge in [0.2, 0.25) is 0 Å². The third-order valence-electron chi connectivity index (χ3n) is 2.84. The highest BCUT2D eigenvalue weighted by Crippen LogP contribution is 2.26. The Morgan fingerprint density at radius 2 is 2.06 bits per heavy atom. The van der Waals surface area contributed by atoms with Gasteiger partial charge in [0.05, 0.1) is 24.7 Å². The first-order valence-corrected chi connectivity index (χ1v) is 6.59. The molecule has 0 aromatic heterocycles. The Morgan fingerprint density at radius 1 is 1.44 bits per heavy atom. The standard InChI is InChI=1S/C14H26O4/c1-10(8-16-12(15)13(2,3)4)7-11-9-17-14(5,6)18-11/h10-11H,7-9H2,1-6H3/t10-,11-/m1/s1. The second-order valence-corrected chi connectivity index (χ2v) is 6.64. The van der Waals surface area contributed by atoms with Gasteiger partial charge in [0.1, 0.15) is 0 Å². The molecule has 1 aliphatic heterocycles. The minimum Gasteiger partial charge on any atom is -0.465 e. The zero-order valence-corrected chi connectivity index (χ0v) is 12.4. The molecule has 0 spiro atoms. The third kappa shape index (κ3) is 4.94. The quantitative estimate of drug-likeness (QED) is 0.727. The lowest BCUT2D eigenvalue weighted by Gasteiger charge is -2.21. The Bertz CT molecular complexity index is 291. The van der Waals surface area contributed by atoms with Gasteiger partial charge >= 0.3 is 5.97 Å². The lowest BCUT2D eigenvalue weighted by molar-refractivity contribution is -0.155. The average molecular weight is 258 g/mol. The van der Waals surface area contributed by atoms with E-state index in [1.165, 1.54) is 0 Å². The van der Waals surface area contributed by atoms with Crippen LogP contribution in [0.4, 0.5) is 0 Å². The van der Waals surface area contributed by atoms with Crippen LogP contribution < -0.4 is 0 Å². The molecule has 1 heterocycles. The molecule has 1 rings (SSSR count). The first-order valence-electron chi connectivity index (χ1n) is 6.59. The predicted molar refractivity (Wildman–Crippen MR) is 69.1 cm³/mol. The number of rotatable bonds is 4. The minimum absolute atomic E-state index is 0.100. The van der Waals surface area contributed by atoms with Crippen LogP contribution in [0.15, 0.2) is 0 Å². The molecular weight excluding hydrogens is 232 g/mol. The van der Waals surface area contributed by atoms with E-state index in [0.29, 0.717) is 13.2 Å². The molecule has 0 saturated carbocycles. The fourth-order valence-electron chi connectivity index (χ4n) is 1.83. The van der Waals surface area contributed by atoms with Crippen molar-refractivity contribution in [1.82, 2.24) is 0 Å². The van der Waals surface area contributed by atoms with Gasteiger partial charge in [0.25, 0.3) is 0 Å². The molecule has 0 aliphatic carbocycles. The third-order valence-corrected chi connectivity index (χ3v) is 2.84. The van der Waals surface area contributed by atoms with Crippen LogP contribution >= 0.6 is 0 Å². The highest BCUT2D eigenvalue weighted by atomic mass is 16.7. The molecule has 1 fully saturated rings. The summed E-state index contributed by atoms with van der Waals surface area (Å²) in [6.07, 6.45) is 0.948. The summed E-state index contributed by atoms with van der Waals surface area (Å²) >= 11 is 0. The molecule has 2 atom stereocenters. The van der Waals surface area contributed by atoms with Crippen LogP contribution in [0, 0.1) is 11.3 Å². The highest BCUT2D eigenvalue weighted by molar-refractivity contribution is 5.75. The van der Waals surface area contributed by atoms with E-state index in [-0.39, 0.29) is 18.0 Å². The maximum atomic E-state index is 11.6. The normalized spacial score (nSPS) is 24.9. The van der Waals surface area contributed by atoms with Crippen molar-refractivity contribution in [2.75, 3.05) is 13.2 Å². The molecule has 0 unspecified atom stereocenters. The number of carbonyl (C=O) groups is 1. The molecule has 4 nitrogen and oxygen atoms in total. The van der Waals surface area contributed by atoms with Crippen molar-refractivity contribution >= 4 is 5.97 Å². The van der Waals surface area contributed by atoms with Gasteiger partial charge < -0.3 is 14.2 Å². The van der Waals surface area contributed by atoms with Gasteiger partial charge in [-0.3, -0.25) is 4.79 Å². The SMILES string of the molecule is C[C@@H](COC(=O)C(C)(C)C)C[C@@H]1COC(C)(C)O1. The Morgan fingerprint density at radius 3 is 2.50 bits per heavy atom. The lowest BCUT2D eigenvalue weighted by Crippen LogP contribution is -2.27. The van der Waals surface area contributed by atoms with Gasteiger partial charge in [-0.05, 0) is 47.0 Å². The number of hydrogen-bond donors (Lipinski definition) is 0. The molecule has 4 heteroatoms. The highest BCUT2D eigenvalue weighted by Gasteiger charge is 2.33. The van der Waals surface area contributed by atoms with E-state index in [1.54, 1.807) is 0 Å². The second kappa shape index (κ2) is 5.57. The Balaban J connectivity index is 2.27. The average Bonchev–Trinajstić information content (AvgIpc) is 2.53. The van der Waals surface area contributed by atoms with Crippen molar-refractivity contribution in [2.45, 2.75) is 59.9 Å². The minimum atomic E-state index is -0.480. The molecular formula is C14H26O4. The number of hydrogen-bond acceptors (Lipinski definition) is 4. The molecule has 0 aromatic carbocycles. The van der Waals surface area contributed by atoms with Crippen molar-refractivity contribution in [2.24, 2.45) is 11.3 Å². The van der Waals surface area contributed by atoms with Crippen LogP contribution in [0.2, 0.25) is 0 Å². The van der Waals surface area contributed by atoms with Crippen LogP contribution in [0.1, 0.15) is 48.0 Å².